The molecule has 1 aliphatic carbocycles. The molecule has 0 saturated heterocycles. The lowest BCUT2D eigenvalue weighted by Crippen LogP contribution is -2.31. The summed E-state index contributed by atoms with van der Waals surface area (Å²) in [5.74, 6) is -0.546. The molecule has 18 heavy (non-hydrogen) atoms. The zero-order valence-corrected chi connectivity index (χ0v) is 10.6. The Labute approximate surface area is 107 Å². The van der Waals surface area contributed by atoms with Crippen molar-refractivity contribution in [3.8, 4) is 0 Å². The number of hydrogen-bond donors (Lipinski definition) is 0. The smallest absolute Gasteiger partial charge is 0.263 e. The molecule has 1 aliphatic rings. The number of hydrogen-bond acceptors (Lipinski definition) is 4. The molecule has 1 aromatic rings. The molecule has 0 spiro atoms. The van der Waals surface area contributed by atoms with Gasteiger partial charge in [-0.05, 0) is 36.9 Å². The fourth-order valence-electron chi connectivity index (χ4n) is 2.14. The molecular weight excluding hydrogens is 232 g/mol. The third-order valence-corrected chi connectivity index (χ3v) is 3.27. The van der Waals surface area contributed by atoms with Gasteiger partial charge in [-0.1, -0.05) is 37.5 Å². The van der Waals surface area contributed by atoms with Gasteiger partial charge in [-0.25, -0.2) is 4.79 Å². The summed E-state index contributed by atoms with van der Waals surface area (Å²) in [4.78, 5) is 21.4. The van der Waals surface area contributed by atoms with Gasteiger partial charge in [-0.2, -0.15) is 4.89 Å². The molecule has 1 fully saturated rings. The van der Waals surface area contributed by atoms with E-state index in [2.05, 4.69) is 9.93 Å². The average molecular weight is 250 g/mol. The molecule has 1 saturated carbocycles. The van der Waals surface area contributed by atoms with Crippen LogP contribution in [-0.4, -0.2) is 11.6 Å². The van der Waals surface area contributed by atoms with E-state index in [0.29, 0.717) is 5.56 Å². The normalized spacial score (nSPS) is 18.3. The Bertz CT molecular complexity index is 382. The Morgan fingerprint density at radius 3 is 2.44 bits per heavy atom. The van der Waals surface area contributed by atoms with Gasteiger partial charge >= 0.3 is 5.97 Å². The van der Waals surface area contributed by atoms with Crippen LogP contribution in [0.3, 0.4) is 0 Å². The second kappa shape index (κ2) is 5.98. The first-order valence-corrected chi connectivity index (χ1v) is 6.31. The third kappa shape index (κ3) is 3.55. The largest absolute Gasteiger partial charge is 0.376 e. The topological polar surface area (TPSA) is 44.8 Å². The molecule has 0 aliphatic heterocycles. The molecule has 0 heterocycles. The van der Waals surface area contributed by atoms with Crippen molar-refractivity contribution >= 4 is 5.97 Å². The molecule has 4 heteroatoms. The van der Waals surface area contributed by atoms with E-state index in [4.69, 9.17) is 4.89 Å². The van der Waals surface area contributed by atoms with E-state index in [-0.39, 0.29) is 5.60 Å². The summed E-state index contributed by atoms with van der Waals surface area (Å²) < 4.78 is 0. The van der Waals surface area contributed by atoms with Crippen LogP contribution in [0.25, 0.3) is 0 Å². The van der Waals surface area contributed by atoms with E-state index >= 15 is 0 Å². The van der Waals surface area contributed by atoms with Gasteiger partial charge in [0.25, 0.3) is 0 Å². The minimum atomic E-state index is -0.546. The fraction of sp³-hybridized carbons (Fsp3) is 0.500. The lowest BCUT2D eigenvalue weighted by Gasteiger charge is -2.30. The average Bonchev–Trinajstić information content (AvgIpc) is 2.40. The van der Waals surface area contributed by atoms with Crippen LogP contribution in [0, 0.1) is 0 Å². The second-order valence-corrected chi connectivity index (χ2v) is 4.90. The Kier molecular flexibility index (Phi) is 4.33. The van der Waals surface area contributed by atoms with E-state index in [9.17, 15) is 4.79 Å². The van der Waals surface area contributed by atoms with Crippen molar-refractivity contribution in [1.82, 2.24) is 0 Å². The van der Waals surface area contributed by atoms with Crippen LogP contribution in [0.2, 0.25) is 0 Å². The number of rotatable bonds is 4. The molecule has 1 aromatic carbocycles. The highest BCUT2D eigenvalue weighted by molar-refractivity contribution is 5.88. The third-order valence-electron chi connectivity index (χ3n) is 3.27. The summed E-state index contributed by atoms with van der Waals surface area (Å²) in [6.45, 7) is 1.97. The fourth-order valence-corrected chi connectivity index (χ4v) is 2.14. The van der Waals surface area contributed by atoms with E-state index in [1.807, 2.05) is 13.0 Å². The van der Waals surface area contributed by atoms with Crippen LogP contribution in [0.1, 0.15) is 49.4 Å². The predicted molar refractivity (Wildman–Crippen MR) is 65.5 cm³/mol. The highest BCUT2D eigenvalue weighted by Gasteiger charge is 2.30. The van der Waals surface area contributed by atoms with Crippen molar-refractivity contribution in [2.75, 3.05) is 0 Å². The molecule has 0 unspecified atom stereocenters. The van der Waals surface area contributed by atoms with E-state index in [1.54, 1.807) is 24.3 Å². The van der Waals surface area contributed by atoms with Crippen molar-refractivity contribution in [1.29, 1.82) is 0 Å². The molecule has 0 amide bonds. The molecule has 0 radical (unpaired) electrons. The molecule has 4 nitrogen and oxygen atoms in total. The summed E-state index contributed by atoms with van der Waals surface area (Å²) in [6, 6.07) is 8.68. The molecule has 0 aromatic heterocycles. The van der Waals surface area contributed by atoms with Gasteiger partial charge in [0, 0.05) is 0 Å². The number of carbonyl (C=O) groups excluding carboxylic acids is 1. The van der Waals surface area contributed by atoms with Gasteiger partial charge in [-0.15, -0.1) is 0 Å². The minimum absolute atomic E-state index is 0.338. The monoisotopic (exact) mass is 250 g/mol. The van der Waals surface area contributed by atoms with Gasteiger partial charge in [0.05, 0.1) is 5.56 Å². The van der Waals surface area contributed by atoms with Crippen LogP contribution < -0.4 is 0 Å². The van der Waals surface area contributed by atoms with Crippen LogP contribution >= 0.6 is 0 Å². The summed E-state index contributed by atoms with van der Waals surface area (Å²) in [5.41, 5.74) is 0.102. The first-order chi connectivity index (χ1) is 8.70. The van der Waals surface area contributed by atoms with Gasteiger partial charge in [0.15, 0.2) is 0 Å². The first-order valence-electron chi connectivity index (χ1n) is 6.31. The Hall–Kier alpha value is -1.39. The zero-order valence-electron chi connectivity index (χ0n) is 10.6. The number of benzene rings is 1. The molecule has 0 bridgehead atoms. The van der Waals surface area contributed by atoms with Crippen LogP contribution in [-0.2, 0) is 14.8 Å². The lowest BCUT2D eigenvalue weighted by molar-refractivity contribution is -0.516. The van der Waals surface area contributed by atoms with Crippen LogP contribution in [0.5, 0.6) is 0 Å². The number of carbonyl (C=O) groups is 1. The standard InChI is InChI=1S/C14H18O4/c1-14(10-6-3-7-11-14)17-18-16-13(15)12-8-4-2-5-9-12/h2,4-5,8-9H,3,6-7,10-11H2,1H3. The SMILES string of the molecule is CC1(OOOC(=O)c2ccccc2)CCCCC1. The highest BCUT2D eigenvalue weighted by Crippen LogP contribution is 2.31. The maximum absolute atomic E-state index is 11.6. The van der Waals surface area contributed by atoms with Crippen molar-refractivity contribution in [3.63, 3.8) is 0 Å². The summed E-state index contributed by atoms with van der Waals surface area (Å²) >= 11 is 0. The van der Waals surface area contributed by atoms with Gasteiger partial charge in [0.2, 0.25) is 0 Å². The lowest BCUT2D eigenvalue weighted by atomic mass is 9.87. The summed E-state index contributed by atoms with van der Waals surface area (Å²) in [5, 5.41) is 4.64. The molecule has 98 valence electrons. The van der Waals surface area contributed by atoms with E-state index in [1.165, 1.54) is 6.42 Å². The predicted octanol–water partition coefficient (Wildman–Crippen LogP) is 3.43. The van der Waals surface area contributed by atoms with Crippen LogP contribution in [0.4, 0.5) is 0 Å². The second-order valence-electron chi connectivity index (χ2n) is 4.90. The van der Waals surface area contributed by atoms with Crippen molar-refractivity contribution < 1.29 is 19.6 Å². The van der Waals surface area contributed by atoms with Crippen molar-refractivity contribution in [2.24, 2.45) is 0 Å². The minimum Gasteiger partial charge on any atom is -0.263 e. The van der Waals surface area contributed by atoms with Gasteiger partial charge in [-0.3, -0.25) is 4.89 Å². The Morgan fingerprint density at radius 2 is 1.78 bits per heavy atom. The Morgan fingerprint density at radius 1 is 1.11 bits per heavy atom. The van der Waals surface area contributed by atoms with Gasteiger partial charge < -0.3 is 0 Å². The van der Waals surface area contributed by atoms with E-state index in [0.717, 1.165) is 25.7 Å². The molecule has 0 N–H and O–H groups in total. The van der Waals surface area contributed by atoms with Crippen molar-refractivity contribution in [2.45, 2.75) is 44.6 Å². The molecule has 2 rings (SSSR count). The highest BCUT2D eigenvalue weighted by atomic mass is 17.5. The van der Waals surface area contributed by atoms with Crippen molar-refractivity contribution in [3.05, 3.63) is 35.9 Å². The molecular formula is C14H18O4. The summed E-state index contributed by atoms with van der Waals surface area (Å²) in [6.07, 6.45) is 5.31. The maximum atomic E-state index is 11.6. The Balaban J connectivity index is 1.77. The first kappa shape index (κ1) is 13.1. The van der Waals surface area contributed by atoms with Crippen LogP contribution in [0.15, 0.2) is 30.3 Å². The summed E-state index contributed by atoms with van der Waals surface area (Å²) in [7, 11) is 0. The zero-order chi connectivity index (χ0) is 12.8. The molecule has 0 atom stereocenters. The van der Waals surface area contributed by atoms with E-state index < -0.39 is 5.97 Å². The maximum Gasteiger partial charge on any atom is 0.376 e. The quantitative estimate of drug-likeness (QED) is 0.606. The van der Waals surface area contributed by atoms with Gasteiger partial charge in [0.1, 0.15) is 5.60 Å².